The predicted octanol–water partition coefficient (Wildman–Crippen LogP) is 2.79. The van der Waals surface area contributed by atoms with E-state index in [2.05, 4.69) is 26.1 Å². The first-order chi connectivity index (χ1) is 7.80. The number of nitrogens with one attached hydrogen (secondary N) is 1. The molecule has 1 aromatic carbocycles. The molecule has 1 aromatic rings. The highest BCUT2D eigenvalue weighted by molar-refractivity contribution is 7.90. The minimum Gasteiger partial charge on any atom is -0.385 e. The first kappa shape index (κ1) is 14.0. The number of sulfone groups is 1. The molecule has 17 heavy (non-hydrogen) atoms. The van der Waals surface area contributed by atoms with Crippen molar-refractivity contribution >= 4 is 15.5 Å². The minimum atomic E-state index is -3.09. The quantitative estimate of drug-likeness (QED) is 0.880. The van der Waals surface area contributed by atoms with E-state index in [-0.39, 0.29) is 0 Å². The van der Waals surface area contributed by atoms with Gasteiger partial charge in [-0.3, -0.25) is 0 Å². The van der Waals surface area contributed by atoms with Gasteiger partial charge in [0.05, 0.1) is 4.90 Å². The molecule has 1 N–H and O–H groups in total. The van der Waals surface area contributed by atoms with Crippen LogP contribution in [0.4, 0.5) is 5.69 Å². The molecule has 0 spiro atoms. The van der Waals surface area contributed by atoms with Crippen molar-refractivity contribution in [1.29, 1.82) is 0 Å². The Morgan fingerprint density at radius 3 is 2.06 bits per heavy atom. The van der Waals surface area contributed by atoms with Gasteiger partial charge in [-0.05, 0) is 36.1 Å². The second kappa shape index (κ2) is 5.54. The van der Waals surface area contributed by atoms with Crippen molar-refractivity contribution in [1.82, 2.24) is 0 Å². The van der Waals surface area contributed by atoms with Gasteiger partial charge in [-0.1, -0.05) is 20.8 Å². The average molecular weight is 255 g/mol. The fourth-order valence-corrected chi connectivity index (χ4v) is 1.96. The first-order valence-corrected chi connectivity index (χ1v) is 7.74. The minimum absolute atomic E-state index is 0.361. The summed E-state index contributed by atoms with van der Waals surface area (Å²) < 4.78 is 22.6. The lowest BCUT2D eigenvalue weighted by molar-refractivity contribution is 0.440. The van der Waals surface area contributed by atoms with Crippen LogP contribution in [0.1, 0.15) is 20.8 Å². The summed E-state index contributed by atoms with van der Waals surface area (Å²) in [5.41, 5.74) is 0.963. The van der Waals surface area contributed by atoms with Gasteiger partial charge in [0.2, 0.25) is 0 Å². The van der Waals surface area contributed by atoms with Gasteiger partial charge in [0, 0.05) is 18.5 Å². The Morgan fingerprint density at radius 1 is 1.12 bits per heavy atom. The molecule has 0 saturated heterocycles. The van der Waals surface area contributed by atoms with Crippen molar-refractivity contribution < 1.29 is 8.42 Å². The molecule has 4 heteroatoms. The molecule has 0 radical (unpaired) electrons. The summed E-state index contributed by atoms with van der Waals surface area (Å²) in [6.07, 6.45) is 1.22. The van der Waals surface area contributed by atoms with E-state index >= 15 is 0 Å². The molecule has 0 aliphatic heterocycles. The Labute approximate surface area is 104 Å². The molecule has 3 nitrogen and oxygen atoms in total. The van der Waals surface area contributed by atoms with Crippen LogP contribution in [-0.4, -0.2) is 21.2 Å². The molecule has 0 aliphatic rings. The maximum Gasteiger partial charge on any atom is 0.175 e. The van der Waals surface area contributed by atoms with Gasteiger partial charge in [-0.2, -0.15) is 0 Å². The van der Waals surface area contributed by atoms with Crippen LogP contribution < -0.4 is 5.32 Å². The smallest absolute Gasteiger partial charge is 0.175 e. The fraction of sp³-hybridized carbons (Fsp3) is 0.538. The maximum absolute atomic E-state index is 11.3. The largest absolute Gasteiger partial charge is 0.385 e. The van der Waals surface area contributed by atoms with Gasteiger partial charge < -0.3 is 5.32 Å². The molecule has 1 rings (SSSR count). The molecule has 0 fully saturated rings. The van der Waals surface area contributed by atoms with Crippen LogP contribution in [0.3, 0.4) is 0 Å². The van der Waals surface area contributed by atoms with Gasteiger partial charge in [-0.15, -0.1) is 0 Å². The number of hydrogen-bond donors (Lipinski definition) is 1. The molecule has 1 atom stereocenters. The molecular weight excluding hydrogens is 234 g/mol. The summed E-state index contributed by atoms with van der Waals surface area (Å²) in [5, 5.41) is 3.31. The van der Waals surface area contributed by atoms with Crippen LogP contribution in [0.2, 0.25) is 0 Å². The van der Waals surface area contributed by atoms with E-state index in [9.17, 15) is 8.42 Å². The van der Waals surface area contributed by atoms with Gasteiger partial charge in [-0.25, -0.2) is 8.42 Å². The normalized spacial score (nSPS) is 13.7. The lowest BCUT2D eigenvalue weighted by atomic mass is 9.98. The highest BCUT2D eigenvalue weighted by atomic mass is 32.2. The van der Waals surface area contributed by atoms with E-state index in [1.54, 1.807) is 12.1 Å². The summed E-state index contributed by atoms with van der Waals surface area (Å²) in [7, 11) is -3.09. The molecule has 0 bridgehead atoms. The van der Waals surface area contributed by atoms with Crippen LogP contribution in [0, 0.1) is 11.8 Å². The van der Waals surface area contributed by atoms with Crippen molar-refractivity contribution in [2.24, 2.45) is 11.8 Å². The lowest BCUT2D eigenvalue weighted by Crippen LogP contribution is -2.16. The Morgan fingerprint density at radius 2 is 1.65 bits per heavy atom. The van der Waals surface area contributed by atoms with Crippen LogP contribution >= 0.6 is 0 Å². The maximum atomic E-state index is 11.3. The molecule has 1 unspecified atom stereocenters. The van der Waals surface area contributed by atoms with E-state index in [1.807, 2.05) is 12.1 Å². The highest BCUT2D eigenvalue weighted by Crippen LogP contribution is 2.15. The van der Waals surface area contributed by atoms with Crippen molar-refractivity contribution in [2.75, 3.05) is 18.1 Å². The third-order valence-electron chi connectivity index (χ3n) is 3.05. The van der Waals surface area contributed by atoms with E-state index < -0.39 is 9.84 Å². The summed E-state index contributed by atoms with van der Waals surface area (Å²) in [5.74, 6) is 1.22. The SMILES string of the molecule is CC(C)C(C)CNc1ccc(S(C)(=O)=O)cc1. The molecule has 0 heterocycles. The first-order valence-electron chi connectivity index (χ1n) is 5.84. The van der Waals surface area contributed by atoms with E-state index in [0.717, 1.165) is 12.2 Å². The number of anilines is 1. The number of rotatable bonds is 5. The lowest BCUT2D eigenvalue weighted by Gasteiger charge is -2.17. The predicted molar refractivity (Wildman–Crippen MR) is 72.0 cm³/mol. The number of hydrogen-bond acceptors (Lipinski definition) is 3. The number of benzene rings is 1. The van der Waals surface area contributed by atoms with E-state index in [1.165, 1.54) is 6.26 Å². The van der Waals surface area contributed by atoms with Crippen LogP contribution in [-0.2, 0) is 9.84 Å². The average Bonchev–Trinajstić information content (AvgIpc) is 2.25. The molecule has 0 aromatic heterocycles. The molecule has 96 valence electrons. The molecule has 0 aliphatic carbocycles. The second-order valence-electron chi connectivity index (χ2n) is 4.90. The van der Waals surface area contributed by atoms with Crippen LogP contribution in [0.15, 0.2) is 29.2 Å². The summed E-state index contributed by atoms with van der Waals surface area (Å²) in [6, 6.07) is 6.89. The van der Waals surface area contributed by atoms with Crippen molar-refractivity contribution in [3.8, 4) is 0 Å². The zero-order valence-corrected chi connectivity index (χ0v) is 11.7. The van der Waals surface area contributed by atoms with Crippen LogP contribution in [0.5, 0.6) is 0 Å². The second-order valence-corrected chi connectivity index (χ2v) is 6.91. The summed E-state index contributed by atoms with van der Waals surface area (Å²) in [6.45, 7) is 7.48. The van der Waals surface area contributed by atoms with Gasteiger partial charge in [0.25, 0.3) is 0 Å². The van der Waals surface area contributed by atoms with E-state index in [4.69, 9.17) is 0 Å². The summed E-state index contributed by atoms with van der Waals surface area (Å²) >= 11 is 0. The van der Waals surface area contributed by atoms with Gasteiger partial charge in [0.15, 0.2) is 9.84 Å². The zero-order valence-electron chi connectivity index (χ0n) is 10.9. The standard InChI is InChI=1S/C13H21NO2S/c1-10(2)11(3)9-14-12-5-7-13(8-6-12)17(4,15)16/h5-8,10-11,14H,9H2,1-4H3. The molecule has 0 saturated carbocycles. The van der Waals surface area contributed by atoms with Crippen LogP contribution in [0.25, 0.3) is 0 Å². The summed E-state index contributed by atoms with van der Waals surface area (Å²) in [4.78, 5) is 0.361. The Balaban J connectivity index is 2.64. The Bertz CT molecular complexity index is 449. The fourth-order valence-electron chi connectivity index (χ4n) is 1.33. The van der Waals surface area contributed by atoms with Crippen molar-refractivity contribution in [3.05, 3.63) is 24.3 Å². The molecule has 0 amide bonds. The Hall–Kier alpha value is -1.03. The third kappa shape index (κ3) is 4.38. The monoisotopic (exact) mass is 255 g/mol. The topological polar surface area (TPSA) is 46.2 Å². The van der Waals surface area contributed by atoms with Crippen molar-refractivity contribution in [2.45, 2.75) is 25.7 Å². The third-order valence-corrected chi connectivity index (χ3v) is 4.18. The highest BCUT2D eigenvalue weighted by Gasteiger charge is 2.08. The van der Waals surface area contributed by atoms with Crippen molar-refractivity contribution in [3.63, 3.8) is 0 Å². The Kier molecular flexibility index (Phi) is 4.57. The molecular formula is C13H21NO2S. The zero-order chi connectivity index (χ0) is 13.1. The van der Waals surface area contributed by atoms with Gasteiger partial charge in [0.1, 0.15) is 0 Å². The van der Waals surface area contributed by atoms with E-state index in [0.29, 0.717) is 16.7 Å². The van der Waals surface area contributed by atoms with Gasteiger partial charge >= 0.3 is 0 Å².